The van der Waals surface area contributed by atoms with E-state index in [9.17, 15) is 9.59 Å². The molecule has 1 aliphatic heterocycles. The fraction of sp³-hybridized carbons (Fsp3) is 0.643. The van der Waals surface area contributed by atoms with Crippen molar-refractivity contribution >= 4 is 27.7 Å². The summed E-state index contributed by atoms with van der Waals surface area (Å²) < 4.78 is 2.71. The van der Waals surface area contributed by atoms with Gasteiger partial charge in [0.1, 0.15) is 6.54 Å². The van der Waals surface area contributed by atoms with Crippen LogP contribution in [0, 0.1) is 0 Å². The summed E-state index contributed by atoms with van der Waals surface area (Å²) in [6, 6.07) is 0. The van der Waals surface area contributed by atoms with Gasteiger partial charge < -0.3 is 9.80 Å². The lowest BCUT2D eigenvalue weighted by molar-refractivity contribution is -0.150. The molecule has 0 unspecified atom stereocenters. The van der Waals surface area contributed by atoms with Crippen LogP contribution in [0.15, 0.2) is 4.47 Å². The van der Waals surface area contributed by atoms with Gasteiger partial charge in [0.15, 0.2) is 0 Å². The minimum absolute atomic E-state index is 0.00537. The van der Waals surface area contributed by atoms with E-state index in [-0.39, 0.29) is 24.9 Å². The number of halogens is 1. The molecule has 1 fully saturated rings. The molecule has 6 nitrogen and oxygen atoms in total. The third kappa shape index (κ3) is 3.28. The number of rotatable bonds is 5. The van der Waals surface area contributed by atoms with E-state index >= 15 is 0 Å². The topological polar surface area (TPSA) is 58.4 Å². The van der Waals surface area contributed by atoms with Crippen LogP contribution in [0.3, 0.4) is 0 Å². The van der Waals surface area contributed by atoms with Gasteiger partial charge in [-0.2, -0.15) is 5.10 Å². The van der Waals surface area contributed by atoms with Gasteiger partial charge in [0, 0.05) is 13.6 Å². The van der Waals surface area contributed by atoms with E-state index in [4.69, 9.17) is 0 Å². The second kappa shape index (κ2) is 6.60. The molecule has 1 aliphatic rings. The predicted octanol–water partition coefficient (Wildman–Crippen LogP) is 1.33. The van der Waals surface area contributed by atoms with Gasteiger partial charge in [-0.25, -0.2) is 0 Å². The van der Waals surface area contributed by atoms with Crippen LogP contribution in [-0.2, 0) is 29.6 Å². The highest BCUT2D eigenvalue weighted by atomic mass is 79.9. The molecule has 0 N–H and O–H groups in total. The maximum absolute atomic E-state index is 12.2. The first kappa shape index (κ1) is 16.0. The van der Waals surface area contributed by atoms with Crippen molar-refractivity contribution in [3.05, 3.63) is 15.9 Å². The largest absolute Gasteiger partial charge is 0.332 e. The molecule has 2 heterocycles. The van der Waals surface area contributed by atoms with E-state index < -0.39 is 0 Å². The molecule has 0 aliphatic carbocycles. The first-order valence-electron chi connectivity index (χ1n) is 7.23. The molecule has 0 atom stereocenters. The summed E-state index contributed by atoms with van der Waals surface area (Å²) in [5.41, 5.74) is 1.90. The van der Waals surface area contributed by atoms with Crippen LogP contribution in [0.5, 0.6) is 0 Å². The molecule has 0 saturated carbocycles. The van der Waals surface area contributed by atoms with Gasteiger partial charge in [-0.05, 0) is 28.8 Å². The second-order valence-corrected chi connectivity index (χ2v) is 6.04. The van der Waals surface area contributed by atoms with Crippen LogP contribution in [0.1, 0.15) is 31.7 Å². The predicted molar refractivity (Wildman–Crippen MR) is 82.6 cm³/mol. The Morgan fingerprint density at radius 2 is 1.76 bits per heavy atom. The Morgan fingerprint density at radius 1 is 1.14 bits per heavy atom. The fourth-order valence-corrected chi connectivity index (χ4v) is 3.23. The summed E-state index contributed by atoms with van der Waals surface area (Å²) in [6.45, 7) is 5.43. The zero-order valence-corrected chi connectivity index (χ0v) is 14.3. The summed E-state index contributed by atoms with van der Waals surface area (Å²) in [5, 5.41) is 4.42. The quantitative estimate of drug-likeness (QED) is 0.799. The van der Waals surface area contributed by atoms with Crippen LogP contribution in [0.25, 0.3) is 0 Å². The second-order valence-electron chi connectivity index (χ2n) is 5.25. The number of aromatic nitrogens is 2. The number of carbonyl (C=O) groups excluding carboxylic acids is 2. The lowest BCUT2D eigenvalue weighted by Crippen LogP contribution is -2.53. The Kier molecular flexibility index (Phi) is 5.03. The first-order chi connectivity index (χ1) is 9.97. The van der Waals surface area contributed by atoms with Gasteiger partial charge in [-0.15, -0.1) is 0 Å². The summed E-state index contributed by atoms with van der Waals surface area (Å²) in [4.78, 5) is 27.5. The van der Waals surface area contributed by atoms with E-state index in [1.807, 2.05) is 20.9 Å². The average Bonchev–Trinajstić information content (AvgIpc) is 2.71. The third-order valence-corrected chi connectivity index (χ3v) is 4.61. The van der Waals surface area contributed by atoms with E-state index in [1.165, 1.54) is 0 Å². The number of amides is 2. The SMILES string of the molecule is CCCN1CC(=O)N(Cc2c(Br)c(CC)nn2C)CC1=O. The molecule has 7 heteroatoms. The van der Waals surface area contributed by atoms with E-state index in [0.29, 0.717) is 13.1 Å². The molecule has 0 spiro atoms. The average molecular weight is 357 g/mol. The minimum Gasteiger partial charge on any atom is -0.332 e. The Labute approximate surface area is 133 Å². The summed E-state index contributed by atoms with van der Waals surface area (Å²) in [6.07, 6.45) is 1.69. The zero-order valence-electron chi connectivity index (χ0n) is 12.7. The van der Waals surface area contributed by atoms with Crippen molar-refractivity contribution in [1.82, 2.24) is 19.6 Å². The first-order valence-corrected chi connectivity index (χ1v) is 8.03. The van der Waals surface area contributed by atoms with Crippen molar-refractivity contribution < 1.29 is 9.59 Å². The molecule has 1 aromatic heterocycles. The van der Waals surface area contributed by atoms with Crippen LogP contribution >= 0.6 is 15.9 Å². The Hall–Kier alpha value is -1.37. The highest BCUT2D eigenvalue weighted by molar-refractivity contribution is 9.10. The lowest BCUT2D eigenvalue weighted by Gasteiger charge is -2.33. The molecule has 0 bridgehead atoms. The highest BCUT2D eigenvalue weighted by Gasteiger charge is 2.30. The Bertz CT molecular complexity index is 555. The summed E-state index contributed by atoms with van der Waals surface area (Å²) in [5.74, 6) is 0.0136. The number of hydrogen-bond donors (Lipinski definition) is 0. The number of carbonyl (C=O) groups is 2. The maximum Gasteiger partial charge on any atom is 0.243 e. The van der Waals surface area contributed by atoms with Crippen molar-refractivity contribution in [3.8, 4) is 0 Å². The van der Waals surface area contributed by atoms with Gasteiger partial charge >= 0.3 is 0 Å². The van der Waals surface area contributed by atoms with E-state index in [1.54, 1.807) is 14.5 Å². The summed E-state index contributed by atoms with van der Waals surface area (Å²) in [7, 11) is 1.86. The molecule has 1 aromatic rings. The normalized spacial score (nSPS) is 16.0. The molecule has 0 aromatic carbocycles. The maximum atomic E-state index is 12.2. The molecule has 0 radical (unpaired) electrons. The standard InChI is InChI=1S/C14H21BrN4O2/c1-4-6-18-8-13(21)19(9-12(18)20)7-11-14(15)10(5-2)16-17(11)3/h4-9H2,1-3H3. The molecule has 1 saturated heterocycles. The zero-order chi connectivity index (χ0) is 15.6. The molecule has 2 amide bonds. The number of aryl methyl sites for hydroxylation is 2. The monoisotopic (exact) mass is 356 g/mol. The van der Waals surface area contributed by atoms with E-state index in [2.05, 4.69) is 21.0 Å². The summed E-state index contributed by atoms with van der Waals surface area (Å²) >= 11 is 3.54. The van der Waals surface area contributed by atoms with Crippen molar-refractivity contribution in [3.63, 3.8) is 0 Å². The van der Waals surface area contributed by atoms with Crippen LogP contribution in [-0.4, -0.2) is 51.0 Å². The van der Waals surface area contributed by atoms with E-state index in [0.717, 1.165) is 28.7 Å². The molecular formula is C14H21BrN4O2. The van der Waals surface area contributed by atoms with Crippen molar-refractivity contribution in [1.29, 1.82) is 0 Å². The molecule has 21 heavy (non-hydrogen) atoms. The van der Waals surface area contributed by atoms with Gasteiger partial charge in [-0.1, -0.05) is 13.8 Å². The van der Waals surface area contributed by atoms with Gasteiger partial charge in [0.05, 0.1) is 29.0 Å². The Morgan fingerprint density at radius 3 is 2.33 bits per heavy atom. The van der Waals surface area contributed by atoms with Crippen molar-refractivity contribution in [2.45, 2.75) is 33.2 Å². The number of piperazine rings is 1. The van der Waals surface area contributed by atoms with Crippen LogP contribution < -0.4 is 0 Å². The smallest absolute Gasteiger partial charge is 0.243 e. The van der Waals surface area contributed by atoms with Crippen molar-refractivity contribution in [2.24, 2.45) is 7.05 Å². The molecular weight excluding hydrogens is 336 g/mol. The van der Waals surface area contributed by atoms with Crippen LogP contribution in [0.4, 0.5) is 0 Å². The Balaban J connectivity index is 2.12. The van der Waals surface area contributed by atoms with Crippen LogP contribution in [0.2, 0.25) is 0 Å². The number of hydrogen-bond acceptors (Lipinski definition) is 3. The van der Waals surface area contributed by atoms with Gasteiger partial charge in [0.25, 0.3) is 0 Å². The third-order valence-electron chi connectivity index (χ3n) is 3.69. The lowest BCUT2D eigenvalue weighted by atomic mass is 10.2. The highest BCUT2D eigenvalue weighted by Crippen LogP contribution is 2.23. The molecule has 116 valence electrons. The van der Waals surface area contributed by atoms with Gasteiger partial charge in [0.2, 0.25) is 11.8 Å². The number of nitrogens with zero attached hydrogens (tertiary/aromatic N) is 4. The van der Waals surface area contributed by atoms with Crippen molar-refractivity contribution in [2.75, 3.05) is 19.6 Å². The minimum atomic E-state index is -0.00537. The molecule has 2 rings (SSSR count). The fourth-order valence-electron chi connectivity index (χ4n) is 2.49. The van der Waals surface area contributed by atoms with Gasteiger partial charge in [-0.3, -0.25) is 14.3 Å².